The van der Waals surface area contributed by atoms with Gasteiger partial charge in [0.05, 0.1) is 11.2 Å². The van der Waals surface area contributed by atoms with Crippen molar-refractivity contribution in [3.05, 3.63) is 11.6 Å². The second-order valence-corrected chi connectivity index (χ2v) is 11.7. The molecule has 0 radical (unpaired) electrons. The average molecular weight is 405 g/mol. The van der Waals surface area contributed by atoms with Gasteiger partial charge in [0, 0.05) is 19.8 Å². The van der Waals surface area contributed by atoms with Crippen LogP contribution in [0.2, 0.25) is 0 Å². The summed E-state index contributed by atoms with van der Waals surface area (Å²) in [5, 5.41) is 22.1. The Morgan fingerprint density at radius 1 is 1.17 bits per heavy atom. The summed E-state index contributed by atoms with van der Waals surface area (Å²) in [7, 11) is 0. The van der Waals surface area contributed by atoms with E-state index < -0.39 is 11.2 Å². The Balaban J connectivity index is 1.58. The number of fused-ring (bicyclic) bond motifs is 5. The Bertz CT molecular complexity index is 706. The number of esters is 1. The number of hydrogen-bond acceptors (Lipinski definition) is 4. The molecule has 0 unspecified atom stereocenters. The highest BCUT2D eigenvalue weighted by molar-refractivity contribution is 5.66. The summed E-state index contributed by atoms with van der Waals surface area (Å²) in [4.78, 5) is 11.4. The molecule has 0 aliphatic heterocycles. The van der Waals surface area contributed by atoms with Gasteiger partial charge < -0.3 is 14.9 Å². The lowest BCUT2D eigenvalue weighted by molar-refractivity contribution is -0.154. The summed E-state index contributed by atoms with van der Waals surface area (Å²) in [6.07, 6.45) is 11.1. The van der Waals surface area contributed by atoms with Crippen LogP contribution in [0.25, 0.3) is 0 Å². The molecule has 4 heteroatoms. The molecule has 0 aromatic carbocycles. The molecule has 0 aromatic rings. The van der Waals surface area contributed by atoms with Gasteiger partial charge >= 0.3 is 5.97 Å². The van der Waals surface area contributed by atoms with Gasteiger partial charge in [-0.25, -0.2) is 0 Å². The molecular weight excluding hydrogens is 364 g/mol. The van der Waals surface area contributed by atoms with Crippen molar-refractivity contribution in [1.82, 2.24) is 0 Å². The van der Waals surface area contributed by atoms with E-state index in [-0.39, 0.29) is 22.9 Å². The van der Waals surface area contributed by atoms with Crippen LogP contribution in [-0.4, -0.2) is 33.5 Å². The summed E-state index contributed by atoms with van der Waals surface area (Å²) in [5.74, 6) is 1.62. The predicted molar refractivity (Wildman–Crippen MR) is 113 cm³/mol. The minimum Gasteiger partial charge on any atom is -0.462 e. The van der Waals surface area contributed by atoms with Crippen molar-refractivity contribution in [3.8, 4) is 0 Å². The SMILES string of the molecule is CC(=O)O[C@@H]1CC[C@@]2(C)C(=CC[C@H]3[C@H]2CC[C@@]2(C)[C@@H]3CC[C@@]2(O)CC(C)(C)O)C1. The summed E-state index contributed by atoms with van der Waals surface area (Å²) >= 11 is 0. The summed E-state index contributed by atoms with van der Waals surface area (Å²) in [6.45, 7) is 9.90. The molecule has 0 saturated heterocycles. The molecule has 2 N–H and O–H groups in total. The topological polar surface area (TPSA) is 66.8 Å². The second-order valence-electron chi connectivity index (χ2n) is 11.7. The predicted octanol–water partition coefficient (Wildman–Crippen LogP) is 4.77. The Kier molecular flexibility index (Phi) is 5.02. The zero-order valence-electron chi connectivity index (χ0n) is 19.0. The zero-order valence-corrected chi connectivity index (χ0v) is 19.0. The fourth-order valence-corrected chi connectivity index (χ4v) is 8.08. The van der Waals surface area contributed by atoms with E-state index in [2.05, 4.69) is 19.9 Å². The smallest absolute Gasteiger partial charge is 0.302 e. The third-order valence-corrected chi connectivity index (χ3v) is 9.44. The maximum Gasteiger partial charge on any atom is 0.302 e. The van der Waals surface area contributed by atoms with Crippen molar-refractivity contribution in [2.75, 3.05) is 0 Å². The molecule has 3 fully saturated rings. The number of rotatable bonds is 3. The number of carbonyl (C=O) groups excluding carboxylic acids is 1. The van der Waals surface area contributed by atoms with Gasteiger partial charge in [-0.1, -0.05) is 25.5 Å². The van der Waals surface area contributed by atoms with Gasteiger partial charge in [0.25, 0.3) is 0 Å². The van der Waals surface area contributed by atoms with Crippen molar-refractivity contribution in [1.29, 1.82) is 0 Å². The second kappa shape index (κ2) is 6.82. The zero-order chi connectivity index (χ0) is 21.2. The molecule has 0 bridgehead atoms. The van der Waals surface area contributed by atoms with Crippen LogP contribution in [-0.2, 0) is 9.53 Å². The Morgan fingerprint density at radius 2 is 1.86 bits per heavy atom. The van der Waals surface area contributed by atoms with Crippen LogP contribution in [0.3, 0.4) is 0 Å². The number of ether oxygens (including phenoxy) is 1. The molecule has 0 amide bonds. The van der Waals surface area contributed by atoms with Gasteiger partial charge in [0.15, 0.2) is 0 Å². The van der Waals surface area contributed by atoms with Gasteiger partial charge in [-0.15, -0.1) is 0 Å². The Hall–Kier alpha value is -0.870. The third-order valence-electron chi connectivity index (χ3n) is 9.44. The summed E-state index contributed by atoms with van der Waals surface area (Å²) in [6, 6.07) is 0. The monoisotopic (exact) mass is 404 g/mol. The number of hydrogen-bond donors (Lipinski definition) is 2. The first-order chi connectivity index (χ1) is 13.4. The standard InChI is InChI=1S/C25H40O4/c1-16(26)29-18-8-11-23(4)17(14-18)6-7-19-20(23)9-12-24(5)21(19)10-13-25(24,28)15-22(2,3)27/h6,18-21,27-28H,7-15H2,1-5H3/t18-,19+,20-,21-,23+,24+,25-/m1/s1. The molecule has 0 heterocycles. The molecule has 0 aromatic heterocycles. The molecular formula is C25H40O4. The minimum atomic E-state index is -0.843. The summed E-state index contributed by atoms with van der Waals surface area (Å²) < 4.78 is 5.54. The van der Waals surface area contributed by atoms with E-state index in [0.717, 1.165) is 51.4 Å². The summed E-state index contributed by atoms with van der Waals surface area (Å²) in [5.41, 5.74) is -0.00403. The van der Waals surface area contributed by atoms with E-state index >= 15 is 0 Å². The molecule has 7 atom stereocenters. The number of carbonyl (C=O) groups is 1. The molecule has 0 spiro atoms. The van der Waals surface area contributed by atoms with E-state index in [9.17, 15) is 15.0 Å². The van der Waals surface area contributed by atoms with Crippen molar-refractivity contribution >= 4 is 5.97 Å². The van der Waals surface area contributed by atoms with Crippen molar-refractivity contribution in [2.24, 2.45) is 28.6 Å². The van der Waals surface area contributed by atoms with Gasteiger partial charge in [-0.05, 0) is 87.4 Å². The molecule has 164 valence electrons. The first-order valence-corrected chi connectivity index (χ1v) is 11.7. The molecule has 29 heavy (non-hydrogen) atoms. The van der Waals surface area contributed by atoms with Crippen LogP contribution < -0.4 is 0 Å². The average Bonchev–Trinajstić information content (AvgIpc) is 2.84. The third kappa shape index (κ3) is 3.39. The molecule has 4 aliphatic carbocycles. The number of allylic oxidation sites excluding steroid dienone is 1. The van der Waals surface area contributed by atoms with E-state index in [1.165, 1.54) is 12.5 Å². The normalized spacial score (nSPS) is 46.9. The highest BCUT2D eigenvalue weighted by atomic mass is 16.5. The van der Waals surface area contributed by atoms with Gasteiger partial charge in [0.2, 0.25) is 0 Å². The van der Waals surface area contributed by atoms with Crippen LogP contribution in [0, 0.1) is 28.6 Å². The highest BCUT2D eigenvalue weighted by Gasteiger charge is 2.64. The van der Waals surface area contributed by atoms with Crippen LogP contribution in [0.15, 0.2) is 11.6 Å². The molecule has 3 saturated carbocycles. The van der Waals surface area contributed by atoms with Crippen LogP contribution in [0.1, 0.15) is 92.4 Å². The molecule has 4 aliphatic rings. The Morgan fingerprint density at radius 3 is 2.52 bits per heavy atom. The fraction of sp³-hybridized carbons (Fsp3) is 0.880. The van der Waals surface area contributed by atoms with E-state index in [4.69, 9.17) is 4.74 Å². The van der Waals surface area contributed by atoms with Crippen molar-refractivity contribution in [2.45, 2.75) is 110 Å². The quantitative estimate of drug-likeness (QED) is 0.525. The van der Waals surface area contributed by atoms with Crippen molar-refractivity contribution < 1.29 is 19.7 Å². The first kappa shape index (κ1) is 21.4. The van der Waals surface area contributed by atoms with Crippen molar-refractivity contribution in [3.63, 3.8) is 0 Å². The maximum atomic E-state index is 11.7. The Labute approximate surface area is 176 Å². The lowest BCUT2D eigenvalue weighted by Gasteiger charge is -2.59. The van der Waals surface area contributed by atoms with Crippen LogP contribution >= 0.6 is 0 Å². The van der Waals surface area contributed by atoms with Gasteiger partial charge in [0.1, 0.15) is 6.10 Å². The molecule has 4 rings (SSSR count). The fourth-order valence-electron chi connectivity index (χ4n) is 8.08. The highest BCUT2D eigenvalue weighted by Crippen LogP contribution is 2.68. The lowest BCUT2D eigenvalue weighted by Crippen LogP contribution is -2.56. The minimum absolute atomic E-state index is 0.0422. The van der Waals surface area contributed by atoms with Gasteiger partial charge in [-0.2, -0.15) is 0 Å². The van der Waals surface area contributed by atoms with Gasteiger partial charge in [-0.3, -0.25) is 4.79 Å². The maximum absolute atomic E-state index is 11.7. The van der Waals surface area contributed by atoms with E-state index in [1.54, 1.807) is 0 Å². The largest absolute Gasteiger partial charge is 0.462 e. The number of aliphatic hydroxyl groups is 2. The lowest BCUT2D eigenvalue weighted by atomic mass is 9.46. The van der Waals surface area contributed by atoms with Crippen LogP contribution in [0.5, 0.6) is 0 Å². The molecule has 4 nitrogen and oxygen atoms in total. The van der Waals surface area contributed by atoms with E-state index in [1.807, 2.05) is 13.8 Å². The van der Waals surface area contributed by atoms with Crippen LogP contribution in [0.4, 0.5) is 0 Å². The van der Waals surface area contributed by atoms with E-state index in [0.29, 0.717) is 24.2 Å². The first-order valence-electron chi connectivity index (χ1n) is 11.7.